The zero-order chi connectivity index (χ0) is 29.7. The Balaban J connectivity index is 1.34. The molecule has 0 saturated carbocycles. The second kappa shape index (κ2) is 14.1. The van der Waals surface area contributed by atoms with Crippen LogP contribution >= 0.6 is 57.9 Å². The van der Waals surface area contributed by atoms with Gasteiger partial charge >= 0.3 is 0 Å². The standard InChI is InChI=1S/C30H28Cl3N3O4S2/c1-18-35-36-29(42-18)41-17-24-14-26(21-8-6-19(16-37)7-9-21)40-27(39-24)22-12-10-20(11-13-22)25-5-3-2-4-23(25)15-34-28(38)30(31,32)33/h2-13,24,26-27,37H,14-17H2,1H3,(H,34,38)/t24-,26+,27+/m1/s1. The van der Waals surface area contributed by atoms with Gasteiger partial charge in [0.2, 0.25) is 0 Å². The number of alkyl halides is 3. The number of halogens is 3. The number of aliphatic hydroxyl groups excluding tert-OH is 1. The molecule has 3 aromatic carbocycles. The maximum absolute atomic E-state index is 12.1. The number of carbonyl (C=O) groups is 1. The van der Waals surface area contributed by atoms with Crippen molar-refractivity contribution in [2.75, 3.05) is 5.75 Å². The zero-order valence-corrected chi connectivity index (χ0v) is 26.4. The van der Waals surface area contributed by atoms with Crippen LogP contribution in [-0.2, 0) is 27.4 Å². The Morgan fingerprint density at radius 3 is 2.40 bits per heavy atom. The van der Waals surface area contributed by atoms with Crippen LogP contribution < -0.4 is 5.32 Å². The molecule has 1 amide bonds. The largest absolute Gasteiger partial charge is 0.392 e. The molecular formula is C30H28Cl3N3O4S2. The number of amides is 1. The van der Waals surface area contributed by atoms with Gasteiger partial charge in [0.05, 0.1) is 18.8 Å². The van der Waals surface area contributed by atoms with Crippen LogP contribution in [0.15, 0.2) is 77.1 Å². The lowest BCUT2D eigenvalue weighted by Gasteiger charge is -2.36. The number of hydrogen-bond acceptors (Lipinski definition) is 8. The van der Waals surface area contributed by atoms with E-state index in [-0.39, 0.29) is 25.4 Å². The summed E-state index contributed by atoms with van der Waals surface area (Å²) in [6.45, 7) is 2.15. The number of nitrogens with zero attached hydrogens (tertiary/aromatic N) is 2. The van der Waals surface area contributed by atoms with Crippen molar-refractivity contribution in [1.82, 2.24) is 15.5 Å². The molecule has 5 rings (SSSR count). The van der Waals surface area contributed by atoms with Gasteiger partial charge in [0, 0.05) is 24.3 Å². The van der Waals surface area contributed by atoms with E-state index in [1.807, 2.05) is 79.7 Å². The Morgan fingerprint density at radius 2 is 1.74 bits per heavy atom. The number of ether oxygens (including phenoxy) is 2. The van der Waals surface area contributed by atoms with Gasteiger partial charge in [0.1, 0.15) is 5.01 Å². The Hall–Kier alpha value is -2.21. The first kappa shape index (κ1) is 31.2. The summed E-state index contributed by atoms with van der Waals surface area (Å²) < 4.78 is 11.8. The number of hydrogen-bond donors (Lipinski definition) is 2. The molecule has 2 N–H and O–H groups in total. The Kier molecular flexibility index (Phi) is 10.4. The van der Waals surface area contributed by atoms with E-state index in [0.717, 1.165) is 42.7 Å². The van der Waals surface area contributed by atoms with Crippen molar-refractivity contribution >= 4 is 63.8 Å². The molecule has 7 nitrogen and oxygen atoms in total. The minimum atomic E-state index is -2.03. The molecule has 1 aliphatic rings. The minimum Gasteiger partial charge on any atom is -0.392 e. The number of aryl methyl sites for hydroxylation is 1. The Morgan fingerprint density at radius 1 is 1.02 bits per heavy atom. The van der Waals surface area contributed by atoms with E-state index in [4.69, 9.17) is 44.3 Å². The molecule has 42 heavy (non-hydrogen) atoms. The Labute approximate surface area is 267 Å². The third kappa shape index (κ3) is 8.03. The molecule has 3 atom stereocenters. The fraction of sp³-hybridized carbons (Fsp3) is 0.300. The van der Waals surface area contributed by atoms with Crippen LogP contribution in [0.25, 0.3) is 11.1 Å². The highest BCUT2D eigenvalue weighted by molar-refractivity contribution is 8.01. The van der Waals surface area contributed by atoms with Crippen LogP contribution in [0.4, 0.5) is 0 Å². The molecule has 1 fully saturated rings. The summed E-state index contributed by atoms with van der Waals surface area (Å²) in [6.07, 6.45) is -0.149. The third-order valence-electron chi connectivity index (χ3n) is 6.72. The number of carbonyl (C=O) groups excluding carboxylic acids is 1. The first-order valence-electron chi connectivity index (χ1n) is 13.2. The monoisotopic (exact) mass is 663 g/mol. The number of aromatic nitrogens is 2. The van der Waals surface area contributed by atoms with Gasteiger partial charge in [-0.15, -0.1) is 10.2 Å². The summed E-state index contributed by atoms with van der Waals surface area (Å²) in [5.74, 6) is 0.0317. The van der Waals surface area contributed by atoms with Gasteiger partial charge in [0.15, 0.2) is 10.6 Å². The normalized spacial score (nSPS) is 19.0. The molecule has 1 saturated heterocycles. The average Bonchev–Trinajstić information content (AvgIpc) is 3.43. The molecule has 0 bridgehead atoms. The molecule has 1 aromatic heterocycles. The van der Waals surface area contributed by atoms with Crippen LogP contribution in [0.5, 0.6) is 0 Å². The van der Waals surface area contributed by atoms with Crippen molar-refractivity contribution in [3.8, 4) is 11.1 Å². The second-order valence-electron chi connectivity index (χ2n) is 9.71. The quantitative estimate of drug-likeness (QED) is 0.143. The predicted molar refractivity (Wildman–Crippen MR) is 168 cm³/mol. The zero-order valence-electron chi connectivity index (χ0n) is 22.5. The van der Waals surface area contributed by atoms with Crippen LogP contribution in [0.3, 0.4) is 0 Å². The van der Waals surface area contributed by atoms with E-state index in [9.17, 15) is 9.90 Å². The Bertz CT molecular complexity index is 1500. The average molecular weight is 665 g/mol. The summed E-state index contributed by atoms with van der Waals surface area (Å²) in [6, 6.07) is 23.6. The molecular weight excluding hydrogens is 637 g/mol. The molecule has 4 aromatic rings. The fourth-order valence-electron chi connectivity index (χ4n) is 4.58. The van der Waals surface area contributed by atoms with Crippen molar-refractivity contribution in [3.05, 3.63) is 100 Å². The summed E-state index contributed by atoms with van der Waals surface area (Å²) >= 11 is 20.3. The first-order chi connectivity index (χ1) is 20.2. The molecule has 0 aliphatic carbocycles. The summed E-state index contributed by atoms with van der Waals surface area (Å²) in [7, 11) is 0. The van der Waals surface area contributed by atoms with Crippen molar-refractivity contribution in [2.45, 2.75) is 53.1 Å². The van der Waals surface area contributed by atoms with Crippen LogP contribution in [0.1, 0.15) is 46.1 Å². The molecule has 0 unspecified atom stereocenters. The molecule has 220 valence electrons. The lowest BCUT2D eigenvalue weighted by Crippen LogP contribution is -2.34. The molecule has 1 aliphatic heterocycles. The maximum atomic E-state index is 12.1. The van der Waals surface area contributed by atoms with Gasteiger partial charge in [-0.2, -0.15) is 0 Å². The van der Waals surface area contributed by atoms with Crippen molar-refractivity contribution in [2.24, 2.45) is 0 Å². The highest BCUT2D eigenvalue weighted by atomic mass is 35.6. The molecule has 2 heterocycles. The summed E-state index contributed by atoms with van der Waals surface area (Å²) in [4.78, 5) is 12.1. The van der Waals surface area contributed by atoms with E-state index < -0.39 is 16.0 Å². The number of aliphatic hydroxyl groups is 1. The van der Waals surface area contributed by atoms with Crippen molar-refractivity contribution in [1.29, 1.82) is 0 Å². The molecule has 0 spiro atoms. The summed E-state index contributed by atoms with van der Waals surface area (Å²) in [5.41, 5.74) is 5.56. The van der Waals surface area contributed by atoms with E-state index in [0.29, 0.717) is 12.2 Å². The second-order valence-corrected chi connectivity index (χ2v) is 14.4. The van der Waals surface area contributed by atoms with E-state index >= 15 is 0 Å². The van der Waals surface area contributed by atoms with Crippen molar-refractivity contribution < 1.29 is 19.4 Å². The van der Waals surface area contributed by atoms with Crippen LogP contribution in [0.2, 0.25) is 0 Å². The van der Waals surface area contributed by atoms with E-state index in [1.54, 1.807) is 23.1 Å². The minimum absolute atomic E-state index is 0.00712. The lowest BCUT2D eigenvalue weighted by molar-refractivity contribution is -0.245. The van der Waals surface area contributed by atoms with Gasteiger partial charge in [-0.25, -0.2) is 0 Å². The predicted octanol–water partition coefficient (Wildman–Crippen LogP) is 7.33. The number of nitrogens with one attached hydrogen (secondary N) is 1. The highest BCUT2D eigenvalue weighted by Gasteiger charge is 2.33. The molecule has 12 heteroatoms. The van der Waals surface area contributed by atoms with Crippen LogP contribution in [-0.4, -0.2) is 36.9 Å². The highest BCUT2D eigenvalue weighted by Crippen LogP contribution is 2.40. The number of benzene rings is 3. The van der Waals surface area contributed by atoms with Gasteiger partial charge < -0.3 is 19.9 Å². The van der Waals surface area contributed by atoms with E-state index in [2.05, 4.69) is 15.5 Å². The SMILES string of the molecule is Cc1nnc(SC[C@H]2C[C@@H](c3ccc(CO)cc3)O[C@@H](c3ccc(-c4ccccc4CNC(=O)C(Cl)(Cl)Cl)cc3)O2)s1. The van der Waals surface area contributed by atoms with Gasteiger partial charge in [-0.1, -0.05) is 131 Å². The fourth-order valence-corrected chi connectivity index (χ4v) is 6.64. The van der Waals surface area contributed by atoms with Crippen LogP contribution in [0, 0.1) is 6.92 Å². The number of thioether (sulfide) groups is 1. The lowest BCUT2D eigenvalue weighted by atomic mass is 9.98. The van der Waals surface area contributed by atoms with Gasteiger partial charge in [-0.3, -0.25) is 4.79 Å². The topological polar surface area (TPSA) is 93.6 Å². The maximum Gasteiger partial charge on any atom is 0.272 e. The molecule has 0 radical (unpaired) electrons. The first-order valence-corrected chi connectivity index (χ1v) is 16.1. The van der Waals surface area contributed by atoms with E-state index in [1.165, 1.54) is 0 Å². The van der Waals surface area contributed by atoms with Gasteiger partial charge in [-0.05, 0) is 34.7 Å². The van der Waals surface area contributed by atoms with Gasteiger partial charge in [0.25, 0.3) is 9.70 Å². The number of rotatable bonds is 9. The van der Waals surface area contributed by atoms with Crippen molar-refractivity contribution in [3.63, 3.8) is 0 Å². The summed E-state index contributed by atoms with van der Waals surface area (Å²) in [5, 5.41) is 21.4. The smallest absolute Gasteiger partial charge is 0.272 e. The third-order valence-corrected chi connectivity index (χ3v) is 9.34.